The van der Waals surface area contributed by atoms with Crippen molar-refractivity contribution in [3.05, 3.63) is 65.4 Å². The average molecular weight is 397 g/mol. The molecule has 0 saturated carbocycles. The van der Waals surface area contributed by atoms with E-state index in [2.05, 4.69) is 20.8 Å². The summed E-state index contributed by atoms with van der Waals surface area (Å²) in [6.07, 6.45) is 1.68. The third kappa shape index (κ3) is 3.86. The quantitative estimate of drug-likeness (QED) is 0.714. The normalized spacial score (nSPS) is 16.4. The van der Waals surface area contributed by atoms with E-state index in [9.17, 15) is 9.59 Å². The molecule has 28 heavy (non-hydrogen) atoms. The van der Waals surface area contributed by atoms with E-state index in [1.54, 1.807) is 35.2 Å². The number of halogens is 1. The number of benzene rings is 2. The number of carbonyl (C=O) groups is 2. The van der Waals surface area contributed by atoms with Crippen LogP contribution in [-0.2, 0) is 16.1 Å². The van der Waals surface area contributed by atoms with Crippen LogP contribution in [0.5, 0.6) is 0 Å². The van der Waals surface area contributed by atoms with E-state index in [4.69, 9.17) is 11.6 Å². The predicted molar refractivity (Wildman–Crippen MR) is 103 cm³/mol. The summed E-state index contributed by atoms with van der Waals surface area (Å²) in [4.78, 5) is 26.6. The lowest BCUT2D eigenvalue weighted by Crippen LogP contribution is -2.28. The molecule has 1 fully saturated rings. The molecule has 3 aromatic rings. The molecule has 1 aliphatic heterocycles. The molecule has 0 spiro atoms. The molecule has 9 heteroatoms. The number of amides is 2. The van der Waals surface area contributed by atoms with Gasteiger partial charge in [0.05, 0.1) is 11.6 Å². The van der Waals surface area contributed by atoms with E-state index in [1.165, 1.54) is 11.0 Å². The molecular weight excluding hydrogens is 380 g/mol. The maximum absolute atomic E-state index is 12.6. The number of likely N-dealkylation sites (tertiary alicyclic amines) is 1. The predicted octanol–water partition coefficient (Wildman–Crippen LogP) is 2.30. The molecule has 4 rings (SSSR count). The Kier molecular flexibility index (Phi) is 5.03. The van der Waals surface area contributed by atoms with Crippen LogP contribution in [0.4, 0.5) is 5.69 Å². The molecule has 0 unspecified atom stereocenters. The smallest absolute Gasteiger partial charge is 0.229 e. The monoisotopic (exact) mass is 396 g/mol. The average Bonchev–Trinajstić information content (AvgIpc) is 3.35. The summed E-state index contributed by atoms with van der Waals surface area (Å²) in [5.74, 6) is -0.617. The van der Waals surface area contributed by atoms with Crippen LogP contribution in [0.15, 0.2) is 54.9 Å². The Labute approximate surface area is 166 Å². The number of nitrogens with zero attached hydrogens (tertiary/aromatic N) is 5. The van der Waals surface area contributed by atoms with Crippen LogP contribution < -0.4 is 5.32 Å². The van der Waals surface area contributed by atoms with Gasteiger partial charge in [0, 0.05) is 30.2 Å². The first kappa shape index (κ1) is 18.1. The van der Waals surface area contributed by atoms with Gasteiger partial charge in [-0.05, 0) is 46.3 Å². The van der Waals surface area contributed by atoms with Crippen molar-refractivity contribution < 1.29 is 9.59 Å². The van der Waals surface area contributed by atoms with E-state index in [1.807, 2.05) is 18.2 Å². The fourth-order valence-corrected chi connectivity index (χ4v) is 3.35. The fraction of sp³-hybridized carbons (Fsp3) is 0.211. The lowest BCUT2D eigenvalue weighted by atomic mass is 10.1. The molecule has 8 nitrogen and oxygen atoms in total. The summed E-state index contributed by atoms with van der Waals surface area (Å²) in [6.45, 7) is 0.779. The zero-order valence-electron chi connectivity index (χ0n) is 14.8. The lowest BCUT2D eigenvalue weighted by molar-refractivity contribution is -0.128. The molecule has 2 amide bonds. The van der Waals surface area contributed by atoms with Gasteiger partial charge in [-0.25, -0.2) is 4.68 Å². The second kappa shape index (κ2) is 7.77. The van der Waals surface area contributed by atoms with Crippen LogP contribution in [0, 0.1) is 5.92 Å². The summed E-state index contributed by atoms with van der Waals surface area (Å²) < 4.78 is 1.52. The van der Waals surface area contributed by atoms with Crippen molar-refractivity contribution in [2.45, 2.75) is 13.0 Å². The topological polar surface area (TPSA) is 93.0 Å². The SMILES string of the molecule is O=C(Nc1ccc(-n2cnnn2)cc1)[C@@H]1CC(=O)N(Cc2ccccc2Cl)C1. The molecule has 1 aromatic heterocycles. The Hall–Kier alpha value is -3.26. The van der Waals surface area contributed by atoms with Gasteiger partial charge in [-0.2, -0.15) is 0 Å². The Morgan fingerprint density at radius 1 is 1.18 bits per heavy atom. The summed E-state index contributed by atoms with van der Waals surface area (Å²) in [5, 5.41) is 14.5. The maximum Gasteiger partial charge on any atom is 0.229 e. The summed E-state index contributed by atoms with van der Waals surface area (Å²) >= 11 is 6.18. The van der Waals surface area contributed by atoms with Gasteiger partial charge in [-0.15, -0.1) is 5.10 Å². The number of rotatable bonds is 5. The van der Waals surface area contributed by atoms with Crippen molar-refractivity contribution in [1.29, 1.82) is 0 Å². The third-order valence-corrected chi connectivity index (χ3v) is 5.02. The minimum Gasteiger partial charge on any atom is -0.337 e. The van der Waals surface area contributed by atoms with Gasteiger partial charge in [0.25, 0.3) is 0 Å². The van der Waals surface area contributed by atoms with Crippen LogP contribution in [0.25, 0.3) is 5.69 Å². The van der Waals surface area contributed by atoms with E-state index in [-0.39, 0.29) is 18.2 Å². The highest BCUT2D eigenvalue weighted by atomic mass is 35.5. The van der Waals surface area contributed by atoms with Gasteiger partial charge in [-0.1, -0.05) is 29.8 Å². The molecule has 0 bridgehead atoms. The second-order valence-electron chi connectivity index (χ2n) is 6.56. The molecule has 0 radical (unpaired) electrons. The Bertz CT molecular complexity index is 990. The van der Waals surface area contributed by atoms with Crippen molar-refractivity contribution in [3.8, 4) is 5.69 Å². The number of nitrogens with one attached hydrogen (secondary N) is 1. The van der Waals surface area contributed by atoms with Crippen LogP contribution >= 0.6 is 11.6 Å². The van der Waals surface area contributed by atoms with Crippen LogP contribution in [0.3, 0.4) is 0 Å². The first-order chi connectivity index (χ1) is 13.6. The highest BCUT2D eigenvalue weighted by Gasteiger charge is 2.34. The molecule has 1 aliphatic rings. The summed E-state index contributed by atoms with van der Waals surface area (Å²) in [6, 6.07) is 14.5. The number of hydrogen-bond acceptors (Lipinski definition) is 5. The lowest BCUT2D eigenvalue weighted by Gasteiger charge is -2.17. The van der Waals surface area contributed by atoms with Crippen molar-refractivity contribution in [2.24, 2.45) is 5.92 Å². The van der Waals surface area contributed by atoms with Crippen LogP contribution in [0.1, 0.15) is 12.0 Å². The first-order valence-corrected chi connectivity index (χ1v) is 9.13. The highest BCUT2D eigenvalue weighted by Crippen LogP contribution is 2.24. The number of anilines is 1. The van der Waals surface area contributed by atoms with E-state index < -0.39 is 5.92 Å². The van der Waals surface area contributed by atoms with Crippen LogP contribution in [-0.4, -0.2) is 43.5 Å². The summed E-state index contributed by atoms with van der Waals surface area (Å²) in [5.41, 5.74) is 2.31. The van der Waals surface area contributed by atoms with E-state index in [0.717, 1.165) is 11.3 Å². The summed E-state index contributed by atoms with van der Waals surface area (Å²) in [7, 11) is 0. The molecule has 0 aliphatic carbocycles. The van der Waals surface area contributed by atoms with E-state index >= 15 is 0 Å². The molecular formula is C19H17ClN6O2. The Morgan fingerprint density at radius 2 is 1.96 bits per heavy atom. The van der Waals surface area contributed by atoms with Gasteiger partial charge in [0.15, 0.2) is 0 Å². The molecule has 1 saturated heterocycles. The van der Waals surface area contributed by atoms with Gasteiger partial charge in [0.2, 0.25) is 11.8 Å². The van der Waals surface area contributed by atoms with Crippen molar-refractivity contribution in [2.75, 3.05) is 11.9 Å². The van der Waals surface area contributed by atoms with Gasteiger partial charge >= 0.3 is 0 Å². The van der Waals surface area contributed by atoms with Crippen molar-refractivity contribution >= 4 is 29.1 Å². The minimum atomic E-state index is -0.394. The second-order valence-corrected chi connectivity index (χ2v) is 6.96. The maximum atomic E-state index is 12.6. The number of carbonyl (C=O) groups excluding carboxylic acids is 2. The molecule has 2 heterocycles. The van der Waals surface area contributed by atoms with Gasteiger partial charge in [-0.3, -0.25) is 9.59 Å². The number of tetrazole rings is 1. The van der Waals surface area contributed by atoms with Crippen LogP contribution in [0.2, 0.25) is 5.02 Å². The molecule has 2 aromatic carbocycles. The van der Waals surface area contributed by atoms with E-state index in [0.29, 0.717) is 23.8 Å². The fourth-order valence-electron chi connectivity index (χ4n) is 3.15. The van der Waals surface area contributed by atoms with Gasteiger partial charge in [0.1, 0.15) is 6.33 Å². The molecule has 1 atom stereocenters. The highest BCUT2D eigenvalue weighted by molar-refractivity contribution is 6.31. The largest absolute Gasteiger partial charge is 0.337 e. The van der Waals surface area contributed by atoms with Gasteiger partial charge < -0.3 is 10.2 Å². The number of hydrogen-bond donors (Lipinski definition) is 1. The van der Waals surface area contributed by atoms with Crippen molar-refractivity contribution in [3.63, 3.8) is 0 Å². The minimum absolute atomic E-state index is 0.0471. The zero-order valence-corrected chi connectivity index (χ0v) is 15.6. The van der Waals surface area contributed by atoms with Crippen molar-refractivity contribution in [1.82, 2.24) is 25.1 Å². The zero-order chi connectivity index (χ0) is 19.5. The standard InChI is InChI=1S/C19H17ClN6O2/c20-17-4-2-1-3-13(17)10-25-11-14(9-18(25)27)19(28)22-15-5-7-16(8-6-15)26-12-21-23-24-26/h1-8,12,14H,9-11H2,(H,22,28)/t14-/m1/s1. The Morgan fingerprint density at radius 3 is 2.68 bits per heavy atom. The first-order valence-electron chi connectivity index (χ1n) is 8.75. The third-order valence-electron chi connectivity index (χ3n) is 4.65. The number of aromatic nitrogens is 4. The Balaban J connectivity index is 1.37. The molecule has 1 N–H and O–H groups in total. The molecule has 142 valence electrons.